The number of hydrogen-bond donors (Lipinski definition) is 0. The zero-order valence-electron chi connectivity index (χ0n) is 14.9. The van der Waals surface area contributed by atoms with E-state index in [1.54, 1.807) is 25.1 Å². The number of cyclic esters (lactones) is 1. The van der Waals surface area contributed by atoms with Crippen molar-refractivity contribution in [2.24, 2.45) is 0 Å². The van der Waals surface area contributed by atoms with Crippen LogP contribution in [0.5, 0.6) is 11.5 Å². The van der Waals surface area contributed by atoms with E-state index in [-0.39, 0.29) is 12.1 Å². The Kier molecular flexibility index (Phi) is 5.11. The van der Waals surface area contributed by atoms with Gasteiger partial charge in [-0.05, 0) is 44.2 Å². The maximum atomic E-state index is 11.5. The van der Waals surface area contributed by atoms with E-state index in [9.17, 15) is 9.59 Å². The molecule has 0 spiro atoms. The van der Waals surface area contributed by atoms with E-state index in [4.69, 9.17) is 18.6 Å². The molecule has 0 radical (unpaired) electrons. The second-order valence-corrected chi connectivity index (χ2v) is 6.13. The monoisotopic (exact) mass is 356 g/mol. The van der Waals surface area contributed by atoms with E-state index >= 15 is 0 Å². The molecule has 6 heteroatoms. The highest BCUT2D eigenvalue weighted by atomic mass is 16.5. The maximum Gasteiger partial charge on any atom is 0.336 e. The summed E-state index contributed by atoms with van der Waals surface area (Å²) in [7, 11) is 1.50. The lowest BCUT2D eigenvalue weighted by Gasteiger charge is -2.12. The molecule has 0 unspecified atom stereocenters. The van der Waals surface area contributed by atoms with Crippen LogP contribution >= 0.6 is 0 Å². The number of fused-ring (bicyclic) bond motifs is 1. The van der Waals surface area contributed by atoms with Gasteiger partial charge in [0.05, 0.1) is 7.11 Å². The fraction of sp³-hybridized carbons (Fsp3) is 0.300. The lowest BCUT2D eigenvalue weighted by molar-refractivity contribution is -0.139. The maximum absolute atomic E-state index is 11.5. The Bertz CT molecular complexity index is 950. The van der Waals surface area contributed by atoms with Crippen molar-refractivity contribution >= 4 is 16.9 Å². The molecule has 0 saturated heterocycles. The van der Waals surface area contributed by atoms with Crippen molar-refractivity contribution in [3.63, 3.8) is 0 Å². The van der Waals surface area contributed by atoms with Gasteiger partial charge < -0.3 is 18.6 Å². The van der Waals surface area contributed by atoms with E-state index in [1.807, 2.05) is 19.1 Å². The summed E-state index contributed by atoms with van der Waals surface area (Å²) in [5.74, 6) is 0.609. The van der Waals surface area contributed by atoms with Crippen molar-refractivity contribution in [2.45, 2.75) is 26.4 Å². The first-order valence-electron chi connectivity index (χ1n) is 8.26. The quantitative estimate of drug-likeness (QED) is 0.449. The molecule has 1 atom stereocenters. The molecule has 1 aliphatic heterocycles. The fourth-order valence-electron chi connectivity index (χ4n) is 2.78. The Morgan fingerprint density at radius 3 is 2.69 bits per heavy atom. The Balaban J connectivity index is 1.69. The van der Waals surface area contributed by atoms with Crippen molar-refractivity contribution in [2.75, 3.05) is 13.7 Å². The number of benzene rings is 1. The third-order valence-electron chi connectivity index (χ3n) is 4.12. The minimum Gasteiger partial charge on any atom is -0.490 e. The van der Waals surface area contributed by atoms with Crippen molar-refractivity contribution in [1.82, 2.24) is 0 Å². The Morgan fingerprint density at radius 2 is 2.00 bits per heavy atom. The zero-order chi connectivity index (χ0) is 18.7. The largest absolute Gasteiger partial charge is 0.490 e. The molecule has 26 heavy (non-hydrogen) atoms. The third kappa shape index (κ3) is 3.79. The van der Waals surface area contributed by atoms with Crippen LogP contribution in [0.3, 0.4) is 0 Å². The molecular formula is C20H20O6. The predicted molar refractivity (Wildman–Crippen MR) is 96.5 cm³/mol. The summed E-state index contributed by atoms with van der Waals surface area (Å²) in [6, 6.07) is 6.61. The van der Waals surface area contributed by atoms with Gasteiger partial charge in [0.25, 0.3) is 0 Å². The molecule has 0 saturated carbocycles. The summed E-state index contributed by atoms with van der Waals surface area (Å²) < 4.78 is 21.6. The van der Waals surface area contributed by atoms with E-state index in [0.29, 0.717) is 35.7 Å². The average Bonchev–Trinajstić information content (AvgIpc) is 2.91. The minimum absolute atomic E-state index is 0.219. The van der Waals surface area contributed by atoms with Gasteiger partial charge in [-0.2, -0.15) is 0 Å². The molecule has 3 rings (SSSR count). The molecule has 0 fully saturated rings. The molecule has 1 aliphatic rings. The van der Waals surface area contributed by atoms with E-state index in [0.717, 1.165) is 11.0 Å². The molecule has 1 aromatic heterocycles. The van der Waals surface area contributed by atoms with Crippen LogP contribution in [0.1, 0.15) is 20.3 Å². The highest BCUT2D eigenvalue weighted by Gasteiger charge is 2.22. The lowest BCUT2D eigenvalue weighted by Crippen LogP contribution is -2.08. The first kappa shape index (κ1) is 17.8. The molecule has 136 valence electrons. The molecule has 2 heterocycles. The number of esters is 1. The van der Waals surface area contributed by atoms with Crippen molar-refractivity contribution in [3.05, 3.63) is 58.0 Å². The van der Waals surface area contributed by atoms with Gasteiger partial charge in [-0.1, -0.05) is 5.57 Å². The van der Waals surface area contributed by atoms with E-state index < -0.39 is 5.63 Å². The van der Waals surface area contributed by atoms with Gasteiger partial charge in [-0.15, -0.1) is 0 Å². The molecule has 1 aromatic carbocycles. The van der Waals surface area contributed by atoms with Crippen molar-refractivity contribution in [3.8, 4) is 11.5 Å². The molecule has 0 aliphatic carbocycles. The fourth-order valence-corrected chi connectivity index (χ4v) is 2.78. The van der Waals surface area contributed by atoms with Crippen LogP contribution in [-0.4, -0.2) is 25.8 Å². The summed E-state index contributed by atoms with van der Waals surface area (Å²) >= 11 is 0. The standard InChI is InChI=1S/C20H20O6/c1-12(10-15-11-13(2)20(22)25-15)8-9-24-16-6-4-14-5-7-17(21)26-18(14)19(16)23-3/h4-8,11,15H,9-10H2,1-3H3/t15-/m1/s1. The van der Waals surface area contributed by atoms with Gasteiger partial charge in [0, 0.05) is 23.4 Å². The summed E-state index contributed by atoms with van der Waals surface area (Å²) in [5, 5.41) is 0.755. The van der Waals surface area contributed by atoms with Gasteiger partial charge in [0.15, 0.2) is 11.3 Å². The number of carbonyl (C=O) groups is 1. The SMILES string of the molecule is COc1c(OCC=C(C)C[C@@H]2C=C(C)C(=O)O2)ccc2ccc(=O)oc12. The summed E-state index contributed by atoms with van der Waals surface area (Å²) in [5.41, 5.74) is 1.59. The average molecular weight is 356 g/mol. The number of ether oxygens (including phenoxy) is 3. The smallest absolute Gasteiger partial charge is 0.336 e. The minimum atomic E-state index is -0.446. The first-order chi connectivity index (χ1) is 12.5. The highest BCUT2D eigenvalue weighted by Crippen LogP contribution is 2.34. The van der Waals surface area contributed by atoms with Gasteiger partial charge in [-0.25, -0.2) is 9.59 Å². The summed E-state index contributed by atoms with van der Waals surface area (Å²) in [6.07, 6.45) is 4.15. The Hall–Kier alpha value is -3.02. The van der Waals surface area contributed by atoms with Crippen molar-refractivity contribution < 1.29 is 23.4 Å². The number of methoxy groups -OCH3 is 1. The van der Waals surface area contributed by atoms with Crippen LogP contribution in [0.25, 0.3) is 11.0 Å². The van der Waals surface area contributed by atoms with Gasteiger partial charge in [0.2, 0.25) is 5.75 Å². The van der Waals surface area contributed by atoms with Crippen molar-refractivity contribution in [1.29, 1.82) is 0 Å². The van der Waals surface area contributed by atoms with Gasteiger partial charge in [-0.3, -0.25) is 0 Å². The molecule has 2 aromatic rings. The van der Waals surface area contributed by atoms with Gasteiger partial charge >= 0.3 is 11.6 Å². The lowest BCUT2D eigenvalue weighted by atomic mass is 10.1. The van der Waals surface area contributed by atoms with Crippen LogP contribution in [0.2, 0.25) is 0 Å². The van der Waals surface area contributed by atoms with E-state index in [1.165, 1.54) is 13.2 Å². The summed E-state index contributed by atoms with van der Waals surface area (Å²) in [6.45, 7) is 4.01. The second-order valence-electron chi connectivity index (χ2n) is 6.13. The normalized spacial score (nSPS) is 17.2. The highest BCUT2D eigenvalue weighted by molar-refractivity contribution is 5.90. The number of hydrogen-bond acceptors (Lipinski definition) is 6. The third-order valence-corrected chi connectivity index (χ3v) is 4.12. The molecular weight excluding hydrogens is 336 g/mol. The Labute approximate surface area is 150 Å². The predicted octanol–water partition coefficient (Wildman–Crippen LogP) is 3.39. The van der Waals surface area contributed by atoms with E-state index in [2.05, 4.69) is 0 Å². The first-order valence-corrected chi connectivity index (χ1v) is 8.26. The van der Waals surface area contributed by atoms with Gasteiger partial charge in [0.1, 0.15) is 12.7 Å². The second kappa shape index (κ2) is 7.47. The number of rotatable bonds is 6. The topological polar surface area (TPSA) is 75.0 Å². The number of carbonyl (C=O) groups excluding carboxylic acids is 1. The molecule has 0 bridgehead atoms. The zero-order valence-corrected chi connectivity index (χ0v) is 14.9. The van der Waals surface area contributed by atoms with Crippen LogP contribution < -0.4 is 15.1 Å². The molecule has 0 amide bonds. The van der Waals surface area contributed by atoms with Crippen LogP contribution in [-0.2, 0) is 9.53 Å². The molecule has 0 N–H and O–H groups in total. The molecule has 6 nitrogen and oxygen atoms in total. The van der Waals surface area contributed by atoms with Crippen LogP contribution in [0.15, 0.2) is 56.8 Å². The van der Waals surface area contributed by atoms with Crippen LogP contribution in [0, 0.1) is 0 Å². The summed E-state index contributed by atoms with van der Waals surface area (Å²) in [4.78, 5) is 22.9. The Morgan fingerprint density at radius 1 is 1.23 bits per heavy atom. The van der Waals surface area contributed by atoms with Crippen LogP contribution in [0.4, 0.5) is 0 Å².